The van der Waals surface area contributed by atoms with Crippen LogP contribution in [-0.4, -0.2) is 23.3 Å². The van der Waals surface area contributed by atoms with Crippen LogP contribution in [0.1, 0.15) is 21.6 Å². The number of rotatable bonds is 1. The van der Waals surface area contributed by atoms with Crippen molar-refractivity contribution in [2.75, 3.05) is 16.8 Å². The highest BCUT2D eigenvalue weighted by Gasteiger charge is 2.28. The van der Waals surface area contributed by atoms with Gasteiger partial charge in [0, 0.05) is 11.1 Å². The van der Waals surface area contributed by atoms with Crippen molar-refractivity contribution in [3.63, 3.8) is 0 Å². The Balaban J connectivity index is 1.89. The number of aromatic nitrogens is 1. The minimum absolute atomic E-state index is 0.00449. The fourth-order valence-electron chi connectivity index (χ4n) is 3.21. The summed E-state index contributed by atoms with van der Waals surface area (Å²) in [6.45, 7) is 3.86. The monoisotopic (exact) mass is 331 g/mol. The van der Waals surface area contributed by atoms with E-state index in [9.17, 15) is 9.59 Å². The van der Waals surface area contributed by atoms with Crippen LogP contribution in [0.15, 0.2) is 48.5 Å². The smallest absolute Gasteiger partial charge is 0.259 e. The van der Waals surface area contributed by atoms with Gasteiger partial charge in [0.05, 0.1) is 22.5 Å². The second-order valence-electron chi connectivity index (χ2n) is 6.29. The Hall–Kier alpha value is -3.21. The number of anilines is 2. The third-order valence-corrected chi connectivity index (χ3v) is 4.34. The van der Waals surface area contributed by atoms with Crippen LogP contribution < -0.4 is 10.2 Å². The molecule has 1 N–H and O–H groups in total. The van der Waals surface area contributed by atoms with Gasteiger partial charge in [-0.3, -0.25) is 19.5 Å². The zero-order valence-corrected chi connectivity index (χ0v) is 14.0. The van der Waals surface area contributed by atoms with Gasteiger partial charge in [-0.1, -0.05) is 23.8 Å². The lowest BCUT2D eigenvalue weighted by Gasteiger charge is -2.29. The summed E-state index contributed by atoms with van der Waals surface area (Å²) in [6, 6.07) is 15.0. The molecule has 25 heavy (non-hydrogen) atoms. The maximum Gasteiger partial charge on any atom is 0.259 e. The highest BCUT2D eigenvalue weighted by Crippen LogP contribution is 2.31. The van der Waals surface area contributed by atoms with Crippen LogP contribution in [0.25, 0.3) is 10.9 Å². The number of carbonyl (C=O) groups excluding carboxylic acids is 2. The zero-order chi connectivity index (χ0) is 17.6. The largest absolute Gasteiger partial charge is 0.323 e. The molecule has 0 unspecified atom stereocenters. The lowest BCUT2D eigenvalue weighted by molar-refractivity contribution is -0.115. The first-order valence-corrected chi connectivity index (χ1v) is 8.12. The molecule has 3 aromatic rings. The molecule has 0 bridgehead atoms. The number of benzene rings is 2. The van der Waals surface area contributed by atoms with E-state index in [4.69, 9.17) is 0 Å². The number of amides is 2. The van der Waals surface area contributed by atoms with Gasteiger partial charge in [0.1, 0.15) is 6.54 Å². The van der Waals surface area contributed by atoms with Crippen molar-refractivity contribution in [2.45, 2.75) is 13.8 Å². The molecule has 0 saturated carbocycles. The van der Waals surface area contributed by atoms with Crippen molar-refractivity contribution in [1.29, 1.82) is 0 Å². The summed E-state index contributed by atoms with van der Waals surface area (Å²) in [6.07, 6.45) is 0. The Morgan fingerprint density at radius 1 is 1.12 bits per heavy atom. The number of hydrogen-bond donors (Lipinski definition) is 1. The summed E-state index contributed by atoms with van der Waals surface area (Å²) in [5.41, 5.74) is 4.54. The van der Waals surface area contributed by atoms with Crippen LogP contribution in [-0.2, 0) is 4.79 Å². The van der Waals surface area contributed by atoms with Crippen molar-refractivity contribution < 1.29 is 9.59 Å². The van der Waals surface area contributed by atoms with Gasteiger partial charge in [-0.15, -0.1) is 0 Å². The molecule has 1 aliphatic rings. The number of pyridine rings is 1. The van der Waals surface area contributed by atoms with Crippen LogP contribution in [0.5, 0.6) is 0 Å². The van der Waals surface area contributed by atoms with Crippen LogP contribution in [0.2, 0.25) is 0 Å². The maximum absolute atomic E-state index is 13.3. The molecule has 2 heterocycles. The van der Waals surface area contributed by atoms with Crippen LogP contribution in [0.4, 0.5) is 11.4 Å². The molecule has 2 aromatic carbocycles. The lowest BCUT2D eigenvalue weighted by Crippen LogP contribution is -2.42. The van der Waals surface area contributed by atoms with Crippen molar-refractivity contribution >= 4 is 34.1 Å². The van der Waals surface area contributed by atoms with Gasteiger partial charge in [0.2, 0.25) is 5.91 Å². The minimum atomic E-state index is -0.196. The van der Waals surface area contributed by atoms with E-state index in [1.165, 1.54) is 4.90 Å². The maximum atomic E-state index is 13.3. The van der Waals surface area contributed by atoms with Gasteiger partial charge in [-0.2, -0.15) is 0 Å². The zero-order valence-electron chi connectivity index (χ0n) is 14.0. The van der Waals surface area contributed by atoms with E-state index in [1.54, 1.807) is 12.1 Å². The molecule has 124 valence electrons. The summed E-state index contributed by atoms with van der Waals surface area (Å²) in [4.78, 5) is 31.4. The Morgan fingerprint density at radius 2 is 1.92 bits per heavy atom. The molecule has 2 amide bonds. The van der Waals surface area contributed by atoms with Gasteiger partial charge in [0.25, 0.3) is 5.91 Å². The molecule has 0 radical (unpaired) electrons. The fraction of sp³-hybridized carbons (Fsp3) is 0.150. The Morgan fingerprint density at radius 3 is 2.76 bits per heavy atom. The van der Waals surface area contributed by atoms with Gasteiger partial charge < -0.3 is 5.32 Å². The molecular weight excluding hydrogens is 314 g/mol. The molecular formula is C20H17N3O2. The first-order valence-electron chi connectivity index (χ1n) is 8.12. The highest BCUT2D eigenvalue weighted by atomic mass is 16.2. The number of fused-ring (bicyclic) bond motifs is 2. The third-order valence-electron chi connectivity index (χ3n) is 4.34. The molecule has 1 aromatic heterocycles. The van der Waals surface area contributed by atoms with Crippen molar-refractivity contribution in [3.05, 3.63) is 65.4 Å². The Kier molecular flexibility index (Phi) is 3.50. The minimum Gasteiger partial charge on any atom is -0.323 e. The molecule has 1 aliphatic heterocycles. The lowest BCUT2D eigenvalue weighted by atomic mass is 10.0. The Labute approximate surface area is 145 Å². The quantitative estimate of drug-likeness (QED) is 0.743. The third kappa shape index (κ3) is 2.63. The van der Waals surface area contributed by atoms with Gasteiger partial charge in [-0.05, 0) is 44.2 Å². The van der Waals surface area contributed by atoms with E-state index in [1.807, 2.05) is 50.2 Å². The number of aryl methyl sites for hydroxylation is 2. The standard InChI is InChI=1S/C20H17N3O2/c1-12-7-8-16-14(9-12)15(10-13(2)21-16)20(25)23-11-19(24)22-17-5-3-4-6-18(17)23/h3-10H,11H2,1-2H3,(H,22,24). The summed E-state index contributed by atoms with van der Waals surface area (Å²) >= 11 is 0. The summed E-state index contributed by atoms with van der Waals surface area (Å²) in [5.74, 6) is -0.387. The SMILES string of the molecule is Cc1ccc2nc(C)cc(C(=O)N3CC(=O)Nc4ccccc43)c2c1. The van der Waals surface area contributed by atoms with Crippen molar-refractivity contribution in [3.8, 4) is 0 Å². The topological polar surface area (TPSA) is 62.3 Å². The van der Waals surface area contributed by atoms with Crippen LogP contribution >= 0.6 is 0 Å². The number of nitrogens with zero attached hydrogens (tertiary/aromatic N) is 2. The predicted molar refractivity (Wildman–Crippen MR) is 98.0 cm³/mol. The van der Waals surface area contributed by atoms with Gasteiger partial charge >= 0.3 is 0 Å². The number of carbonyl (C=O) groups is 2. The number of para-hydroxylation sites is 2. The molecule has 0 saturated heterocycles. The number of nitrogens with one attached hydrogen (secondary N) is 1. The molecule has 0 spiro atoms. The van der Waals surface area contributed by atoms with E-state index in [2.05, 4.69) is 10.3 Å². The molecule has 0 aliphatic carbocycles. The molecule has 5 nitrogen and oxygen atoms in total. The molecule has 0 atom stereocenters. The summed E-state index contributed by atoms with van der Waals surface area (Å²) in [5, 5.41) is 3.61. The van der Waals surface area contributed by atoms with Crippen molar-refractivity contribution in [1.82, 2.24) is 4.98 Å². The van der Waals surface area contributed by atoms with Gasteiger partial charge in [0.15, 0.2) is 0 Å². The van der Waals surface area contributed by atoms with Crippen molar-refractivity contribution in [2.24, 2.45) is 0 Å². The predicted octanol–water partition coefficient (Wildman–Crippen LogP) is 3.45. The van der Waals surface area contributed by atoms with Gasteiger partial charge in [-0.25, -0.2) is 0 Å². The molecule has 4 rings (SSSR count). The molecule has 5 heteroatoms. The first-order chi connectivity index (χ1) is 12.0. The normalized spacial score (nSPS) is 13.5. The van der Waals surface area contributed by atoms with E-state index >= 15 is 0 Å². The second-order valence-corrected chi connectivity index (χ2v) is 6.29. The molecule has 0 fully saturated rings. The summed E-state index contributed by atoms with van der Waals surface area (Å²) < 4.78 is 0. The Bertz CT molecular complexity index is 1030. The fourth-order valence-corrected chi connectivity index (χ4v) is 3.21. The van der Waals surface area contributed by atoms with E-state index in [0.29, 0.717) is 16.9 Å². The van der Waals surface area contributed by atoms with E-state index < -0.39 is 0 Å². The number of hydrogen-bond acceptors (Lipinski definition) is 3. The average molecular weight is 331 g/mol. The summed E-state index contributed by atoms with van der Waals surface area (Å²) in [7, 11) is 0. The van der Waals surface area contributed by atoms with Crippen LogP contribution in [0.3, 0.4) is 0 Å². The van der Waals surface area contributed by atoms with E-state index in [0.717, 1.165) is 22.2 Å². The van der Waals surface area contributed by atoms with E-state index in [-0.39, 0.29) is 18.4 Å². The first kappa shape index (κ1) is 15.3. The van der Waals surface area contributed by atoms with Crippen LogP contribution in [0, 0.1) is 13.8 Å². The second kappa shape index (κ2) is 5.70. The average Bonchev–Trinajstić information content (AvgIpc) is 2.60. The highest BCUT2D eigenvalue weighted by molar-refractivity contribution is 6.19.